The number of amides is 1. The van der Waals surface area contributed by atoms with E-state index in [1.807, 2.05) is 17.9 Å². The molecule has 2 aromatic rings. The number of aromatic hydroxyl groups is 1. The van der Waals surface area contributed by atoms with Crippen LogP contribution in [0.1, 0.15) is 37.3 Å². The van der Waals surface area contributed by atoms with Gasteiger partial charge in [-0.15, -0.1) is 0 Å². The number of anilines is 1. The first-order valence-electron chi connectivity index (χ1n) is 9.98. The third-order valence-electron chi connectivity index (χ3n) is 5.45. The van der Waals surface area contributed by atoms with Crippen molar-refractivity contribution in [1.82, 2.24) is 4.90 Å². The Kier molecular flexibility index (Phi) is 6.57. The number of piperidine rings is 1. The molecule has 1 heterocycles. The normalized spacial score (nSPS) is 15.4. The first kappa shape index (κ1) is 20.2. The molecule has 28 heavy (non-hydrogen) atoms. The highest BCUT2D eigenvalue weighted by Crippen LogP contribution is 2.29. The van der Waals surface area contributed by atoms with E-state index in [-0.39, 0.29) is 17.7 Å². The van der Waals surface area contributed by atoms with E-state index in [0.29, 0.717) is 12.2 Å². The number of carbonyl (C=O) groups excluding carboxylic acids is 1. The Morgan fingerprint density at radius 3 is 2.43 bits per heavy atom. The summed E-state index contributed by atoms with van der Waals surface area (Å²) in [7, 11) is 1.55. The minimum absolute atomic E-state index is 0.175. The van der Waals surface area contributed by atoms with Crippen molar-refractivity contribution in [2.24, 2.45) is 0 Å². The van der Waals surface area contributed by atoms with E-state index in [0.717, 1.165) is 43.7 Å². The molecule has 1 fully saturated rings. The fraction of sp³-hybridized carbons (Fsp3) is 0.435. The van der Waals surface area contributed by atoms with Gasteiger partial charge < -0.3 is 14.7 Å². The maximum atomic E-state index is 12.6. The Bertz CT molecular complexity index is 796. The van der Waals surface area contributed by atoms with Gasteiger partial charge in [-0.3, -0.25) is 9.69 Å². The second kappa shape index (κ2) is 9.11. The molecule has 150 valence electrons. The van der Waals surface area contributed by atoms with Gasteiger partial charge in [0.15, 0.2) is 11.5 Å². The van der Waals surface area contributed by atoms with Crippen molar-refractivity contribution in [1.29, 1.82) is 0 Å². The molecule has 5 nitrogen and oxygen atoms in total. The Hall–Kier alpha value is -2.53. The van der Waals surface area contributed by atoms with Crippen LogP contribution in [0.4, 0.5) is 5.69 Å². The molecule has 0 unspecified atom stereocenters. The summed E-state index contributed by atoms with van der Waals surface area (Å²) in [5.74, 6) is 0.852. The standard InChI is InChI=1S/C23H30N2O3/c1-4-23(27)25(19-8-5-17(2)6-9-19)20-11-13-24(14-12-20)16-18-7-10-22(28-3)21(26)15-18/h5-10,15,20,26H,4,11-14,16H2,1-3H3. The lowest BCUT2D eigenvalue weighted by atomic mass is 10.0. The van der Waals surface area contributed by atoms with Crippen molar-refractivity contribution in [2.75, 3.05) is 25.1 Å². The Labute approximate surface area is 167 Å². The number of phenols is 1. The number of carbonyl (C=O) groups is 1. The lowest BCUT2D eigenvalue weighted by molar-refractivity contribution is -0.119. The van der Waals surface area contributed by atoms with Gasteiger partial charge in [-0.05, 0) is 49.6 Å². The molecule has 0 aromatic heterocycles. The molecule has 3 rings (SSSR count). The van der Waals surface area contributed by atoms with E-state index in [1.165, 1.54) is 5.56 Å². The molecule has 0 bridgehead atoms. The molecule has 2 aromatic carbocycles. The van der Waals surface area contributed by atoms with Crippen LogP contribution in [0.2, 0.25) is 0 Å². The third-order valence-corrected chi connectivity index (χ3v) is 5.45. The van der Waals surface area contributed by atoms with Crippen LogP contribution in [0.5, 0.6) is 11.5 Å². The van der Waals surface area contributed by atoms with Crippen LogP contribution < -0.4 is 9.64 Å². The van der Waals surface area contributed by atoms with Crippen LogP contribution in [-0.2, 0) is 11.3 Å². The third kappa shape index (κ3) is 4.65. The average molecular weight is 383 g/mol. The van der Waals surface area contributed by atoms with Gasteiger partial charge in [0, 0.05) is 37.8 Å². The molecule has 1 aliphatic heterocycles. The second-order valence-corrected chi connectivity index (χ2v) is 7.47. The number of hydrogen-bond donors (Lipinski definition) is 1. The summed E-state index contributed by atoms with van der Waals surface area (Å²) in [5.41, 5.74) is 3.26. The molecule has 0 saturated carbocycles. The topological polar surface area (TPSA) is 53.0 Å². The number of nitrogens with zero attached hydrogens (tertiary/aromatic N) is 2. The number of benzene rings is 2. The number of aryl methyl sites for hydroxylation is 1. The van der Waals surface area contributed by atoms with E-state index >= 15 is 0 Å². The van der Waals surface area contributed by atoms with Crippen molar-refractivity contribution in [2.45, 2.75) is 45.7 Å². The number of methoxy groups -OCH3 is 1. The molecule has 0 atom stereocenters. The van der Waals surface area contributed by atoms with Gasteiger partial charge in [0.25, 0.3) is 0 Å². The number of ether oxygens (including phenoxy) is 1. The van der Waals surface area contributed by atoms with Crippen LogP contribution in [0.15, 0.2) is 42.5 Å². The molecule has 5 heteroatoms. The predicted molar refractivity (Wildman–Crippen MR) is 112 cm³/mol. The lowest BCUT2D eigenvalue weighted by Gasteiger charge is -2.38. The van der Waals surface area contributed by atoms with Crippen molar-refractivity contribution in [3.8, 4) is 11.5 Å². The maximum Gasteiger partial charge on any atom is 0.226 e. The lowest BCUT2D eigenvalue weighted by Crippen LogP contribution is -2.47. The van der Waals surface area contributed by atoms with E-state index in [9.17, 15) is 9.90 Å². The van der Waals surface area contributed by atoms with Crippen molar-refractivity contribution in [3.63, 3.8) is 0 Å². The highest BCUT2D eigenvalue weighted by molar-refractivity contribution is 5.93. The van der Waals surface area contributed by atoms with Crippen LogP contribution in [0.3, 0.4) is 0 Å². The molecule has 0 spiro atoms. The van der Waals surface area contributed by atoms with Crippen LogP contribution >= 0.6 is 0 Å². The number of rotatable bonds is 6. The maximum absolute atomic E-state index is 12.6. The molecule has 1 aliphatic rings. The van der Waals surface area contributed by atoms with Crippen LogP contribution in [0.25, 0.3) is 0 Å². The average Bonchev–Trinajstić information content (AvgIpc) is 2.71. The zero-order valence-corrected chi connectivity index (χ0v) is 17.0. The highest BCUT2D eigenvalue weighted by atomic mass is 16.5. The zero-order valence-electron chi connectivity index (χ0n) is 17.0. The van der Waals surface area contributed by atoms with E-state index in [4.69, 9.17) is 4.74 Å². The van der Waals surface area contributed by atoms with Crippen molar-refractivity contribution in [3.05, 3.63) is 53.6 Å². The SMILES string of the molecule is CCC(=O)N(c1ccc(C)cc1)C1CCN(Cc2ccc(OC)c(O)c2)CC1. The molecule has 1 amide bonds. The van der Waals surface area contributed by atoms with Gasteiger partial charge in [-0.25, -0.2) is 0 Å². The number of likely N-dealkylation sites (tertiary alicyclic amines) is 1. The smallest absolute Gasteiger partial charge is 0.226 e. The summed E-state index contributed by atoms with van der Waals surface area (Å²) in [5, 5.41) is 9.98. The Balaban J connectivity index is 1.64. The summed E-state index contributed by atoms with van der Waals surface area (Å²) >= 11 is 0. The van der Waals surface area contributed by atoms with Gasteiger partial charge in [-0.1, -0.05) is 30.7 Å². The second-order valence-electron chi connectivity index (χ2n) is 7.47. The summed E-state index contributed by atoms with van der Waals surface area (Å²) in [6.07, 6.45) is 2.41. The van der Waals surface area contributed by atoms with Gasteiger partial charge in [0.2, 0.25) is 5.91 Å². The minimum atomic E-state index is 0.175. The van der Waals surface area contributed by atoms with Gasteiger partial charge in [-0.2, -0.15) is 0 Å². The van der Waals surface area contributed by atoms with Gasteiger partial charge in [0.05, 0.1) is 7.11 Å². The zero-order chi connectivity index (χ0) is 20.1. The molecule has 0 radical (unpaired) electrons. The quantitative estimate of drug-likeness (QED) is 0.817. The minimum Gasteiger partial charge on any atom is -0.504 e. The van der Waals surface area contributed by atoms with Crippen LogP contribution in [-0.4, -0.2) is 42.2 Å². The summed E-state index contributed by atoms with van der Waals surface area (Å²) in [4.78, 5) is 17.0. The number of hydrogen-bond acceptors (Lipinski definition) is 4. The summed E-state index contributed by atoms with van der Waals surface area (Å²) < 4.78 is 5.11. The van der Waals surface area contributed by atoms with Crippen molar-refractivity contribution < 1.29 is 14.6 Å². The van der Waals surface area contributed by atoms with E-state index in [1.54, 1.807) is 19.2 Å². The fourth-order valence-corrected chi connectivity index (χ4v) is 3.86. The summed E-state index contributed by atoms with van der Waals surface area (Å²) in [6.45, 7) is 6.63. The van der Waals surface area contributed by atoms with E-state index in [2.05, 4.69) is 36.1 Å². The molecule has 1 N–H and O–H groups in total. The largest absolute Gasteiger partial charge is 0.504 e. The van der Waals surface area contributed by atoms with Crippen molar-refractivity contribution >= 4 is 11.6 Å². The Morgan fingerprint density at radius 1 is 1.18 bits per heavy atom. The van der Waals surface area contributed by atoms with Crippen LogP contribution in [0, 0.1) is 6.92 Å². The Morgan fingerprint density at radius 2 is 1.86 bits per heavy atom. The molecular formula is C23H30N2O3. The molecule has 1 saturated heterocycles. The highest BCUT2D eigenvalue weighted by Gasteiger charge is 2.28. The van der Waals surface area contributed by atoms with E-state index < -0.39 is 0 Å². The first-order chi connectivity index (χ1) is 13.5. The van der Waals surface area contributed by atoms with Gasteiger partial charge in [0.1, 0.15) is 0 Å². The van der Waals surface area contributed by atoms with Gasteiger partial charge >= 0.3 is 0 Å². The predicted octanol–water partition coefficient (Wildman–Crippen LogP) is 4.12. The first-order valence-corrected chi connectivity index (χ1v) is 9.98. The monoisotopic (exact) mass is 382 g/mol. The summed E-state index contributed by atoms with van der Waals surface area (Å²) in [6, 6.07) is 14.0. The molecule has 0 aliphatic carbocycles. The molecular weight excluding hydrogens is 352 g/mol. The fourth-order valence-electron chi connectivity index (χ4n) is 3.86. The number of phenolic OH excluding ortho intramolecular Hbond substituents is 1.